The molecule has 1 aromatic carbocycles. The van der Waals surface area contributed by atoms with Crippen LogP contribution in [0.1, 0.15) is 19.4 Å². The summed E-state index contributed by atoms with van der Waals surface area (Å²) < 4.78 is 22.8. The van der Waals surface area contributed by atoms with Gasteiger partial charge < -0.3 is 9.47 Å². The summed E-state index contributed by atoms with van der Waals surface area (Å²) in [4.78, 5) is 0.819. The fraction of sp³-hybridized carbons (Fsp3) is 0.538. The van der Waals surface area contributed by atoms with E-state index in [0.29, 0.717) is 19.0 Å². The van der Waals surface area contributed by atoms with Gasteiger partial charge in [0.15, 0.2) is 6.29 Å². The second kappa shape index (κ2) is 7.58. The van der Waals surface area contributed by atoms with Crippen LogP contribution in [0.15, 0.2) is 29.2 Å². The van der Waals surface area contributed by atoms with E-state index in [0.717, 1.165) is 10.5 Å². The molecule has 0 aliphatic rings. The van der Waals surface area contributed by atoms with Gasteiger partial charge in [-0.1, -0.05) is 17.7 Å². The van der Waals surface area contributed by atoms with Crippen LogP contribution in [0.5, 0.6) is 0 Å². The van der Waals surface area contributed by atoms with Gasteiger partial charge in [0, 0.05) is 18.1 Å². The standard InChI is InChI=1S/C13H20O3S/c1-4-15-13(16-5-2)10-17(14)12-8-6-11(3)7-9-12/h6-9,13H,4-5,10H2,1-3H3. The highest BCUT2D eigenvalue weighted by atomic mass is 32.2. The Balaban J connectivity index is 2.60. The third-order valence-corrected chi connectivity index (χ3v) is 3.65. The van der Waals surface area contributed by atoms with Gasteiger partial charge in [0.2, 0.25) is 0 Å². The van der Waals surface area contributed by atoms with E-state index in [1.54, 1.807) is 0 Å². The van der Waals surface area contributed by atoms with Gasteiger partial charge in [0.25, 0.3) is 0 Å². The van der Waals surface area contributed by atoms with Crippen molar-refractivity contribution in [2.45, 2.75) is 32.0 Å². The van der Waals surface area contributed by atoms with E-state index in [1.807, 2.05) is 45.0 Å². The largest absolute Gasteiger partial charge is 0.352 e. The summed E-state index contributed by atoms with van der Waals surface area (Å²) in [6.45, 7) is 6.95. The molecule has 96 valence electrons. The summed E-state index contributed by atoms with van der Waals surface area (Å²) in [5, 5.41) is 0. The summed E-state index contributed by atoms with van der Waals surface area (Å²) in [5.74, 6) is 0.380. The predicted octanol–water partition coefficient (Wildman–Crippen LogP) is 2.50. The number of benzene rings is 1. The molecule has 0 bridgehead atoms. The lowest BCUT2D eigenvalue weighted by Gasteiger charge is -2.16. The van der Waals surface area contributed by atoms with Crippen LogP contribution in [0, 0.1) is 6.92 Å². The Labute approximate surface area is 106 Å². The minimum absolute atomic E-state index is 0.380. The van der Waals surface area contributed by atoms with E-state index in [1.165, 1.54) is 0 Å². The van der Waals surface area contributed by atoms with Gasteiger partial charge in [-0.3, -0.25) is 4.21 Å². The third-order valence-electron chi connectivity index (χ3n) is 2.28. The molecule has 0 aromatic heterocycles. The van der Waals surface area contributed by atoms with E-state index in [-0.39, 0.29) is 6.29 Å². The average molecular weight is 256 g/mol. The summed E-state index contributed by atoms with van der Waals surface area (Å²) in [6.07, 6.45) is -0.382. The smallest absolute Gasteiger partial charge is 0.169 e. The maximum Gasteiger partial charge on any atom is 0.169 e. The van der Waals surface area contributed by atoms with Gasteiger partial charge in [0.05, 0.1) is 16.6 Å². The highest BCUT2D eigenvalue weighted by Crippen LogP contribution is 2.11. The van der Waals surface area contributed by atoms with Gasteiger partial charge in [-0.05, 0) is 32.9 Å². The van der Waals surface area contributed by atoms with E-state index in [4.69, 9.17) is 9.47 Å². The first kappa shape index (κ1) is 14.4. The predicted molar refractivity (Wildman–Crippen MR) is 69.5 cm³/mol. The van der Waals surface area contributed by atoms with Crippen LogP contribution < -0.4 is 0 Å². The molecule has 0 heterocycles. The quantitative estimate of drug-likeness (QED) is 0.703. The van der Waals surface area contributed by atoms with Crippen LogP contribution in [0.2, 0.25) is 0 Å². The molecule has 0 aliphatic carbocycles. The maximum absolute atomic E-state index is 12.1. The minimum atomic E-state index is -1.07. The number of ether oxygens (including phenoxy) is 2. The Morgan fingerprint density at radius 1 is 1.12 bits per heavy atom. The summed E-state index contributed by atoms with van der Waals surface area (Å²) >= 11 is 0. The van der Waals surface area contributed by atoms with Crippen LogP contribution in [0.25, 0.3) is 0 Å². The van der Waals surface area contributed by atoms with E-state index >= 15 is 0 Å². The average Bonchev–Trinajstić information content (AvgIpc) is 2.30. The molecule has 17 heavy (non-hydrogen) atoms. The van der Waals surface area contributed by atoms with Crippen LogP contribution in [-0.4, -0.2) is 29.5 Å². The number of aryl methyl sites for hydroxylation is 1. The van der Waals surface area contributed by atoms with Crippen LogP contribution in [0.3, 0.4) is 0 Å². The fourth-order valence-corrected chi connectivity index (χ4v) is 2.50. The first-order valence-corrected chi connectivity index (χ1v) is 7.17. The van der Waals surface area contributed by atoms with Gasteiger partial charge in [-0.25, -0.2) is 0 Å². The second-order valence-electron chi connectivity index (χ2n) is 3.67. The lowest BCUT2D eigenvalue weighted by Crippen LogP contribution is -2.24. The van der Waals surface area contributed by atoms with Gasteiger partial charge in [-0.15, -0.1) is 0 Å². The molecule has 0 saturated heterocycles. The zero-order valence-electron chi connectivity index (χ0n) is 10.6. The van der Waals surface area contributed by atoms with E-state index in [2.05, 4.69) is 0 Å². The number of hydrogen-bond acceptors (Lipinski definition) is 3. The number of hydrogen-bond donors (Lipinski definition) is 0. The molecule has 0 amide bonds. The van der Waals surface area contributed by atoms with Gasteiger partial charge >= 0.3 is 0 Å². The Kier molecular flexibility index (Phi) is 6.40. The van der Waals surface area contributed by atoms with Crippen LogP contribution >= 0.6 is 0 Å². The van der Waals surface area contributed by atoms with E-state index in [9.17, 15) is 4.21 Å². The Morgan fingerprint density at radius 2 is 1.65 bits per heavy atom. The third kappa shape index (κ3) is 4.98. The van der Waals surface area contributed by atoms with E-state index < -0.39 is 10.8 Å². The first-order chi connectivity index (χ1) is 8.17. The van der Waals surface area contributed by atoms with Crippen LogP contribution in [0.4, 0.5) is 0 Å². The Bertz CT molecular complexity index is 342. The molecule has 3 nitrogen and oxygen atoms in total. The molecule has 1 unspecified atom stereocenters. The second-order valence-corrected chi connectivity index (χ2v) is 5.16. The van der Waals surface area contributed by atoms with Crippen molar-refractivity contribution in [1.29, 1.82) is 0 Å². The highest BCUT2D eigenvalue weighted by Gasteiger charge is 2.14. The fourth-order valence-electron chi connectivity index (χ4n) is 1.43. The van der Waals surface area contributed by atoms with Crippen molar-refractivity contribution in [3.05, 3.63) is 29.8 Å². The molecule has 0 N–H and O–H groups in total. The molecule has 0 aliphatic heterocycles. The molecule has 0 radical (unpaired) electrons. The van der Waals surface area contributed by atoms with Gasteiger partial charge in [-0.2, -0.15) is 0 Å². The van der Waals surface area contributed by atoms with Crippen molar-refractivity contribution in [1.82, 2.24) is 0 Å². The molecular formula is C13H20O3S. The van der Waals surface area contributed by atoms with Crippen LogP contribution in [-0.2, 0) is 20.3 Å². The van der Waals surface area contributed by atoms with Crippen molar-refractivity contribution in [2.24, 2.45) is 0 Å². The Morgan fingerprint density at radius 3 is 2.12 bits per heavy atom. The summed E-state index contributed by atoms with van der Waals surface area (Å²) in [7, 11) is -1.07. The van der Waals surface area contributed by atoms with Crippen molar-refractivity contribution >= 4 is 10.8 Å². The van der Waals surface area contributed by atoms with Crippen molar-refractivity contribution in [3.63, 3.8) is 0 Å². The minimum Gasteiger partial charge on any atom is -0.352 e. The molecule has 1 rings (SSSR count). The Hall–Kier alpha value is -0.710. The van der Waals surface area contributed by atoms with Crippen molar-refractivity contribution in [2.75, 3.05) is 19.0 Å². The molecular weight excluding hydrogens is 236 g/mol. The lowest BCUT2D eigenvalue weighted by atomic mass is 10.2. The first-order valence-electron chi connectivity index (χ1n) is 5.85. The maximum atomic E-state index is 12.1. The molecule has 0 saturated carbocycles. The van der Waals surface area contributed by atoms with Crippen molar-refractivity contribution in [3.8, 4) is 0 Å². The SMILES string of the molecule is CCOC(CS(=O)c1ccc(C)cc1)OCC. The topological polar surface area (TPSA) is 35.5 Å². The van der Waals surface area contributed by atoms with Crippen molar-refractivity contribution < 1.29 is 13.7 Å². The summed E-state index contributed by atoms with van der Waals surface area (Å²) in [6, 6.07) is 7.70. The summed E-state index contributed by atoms with van der Waals surface area (Å²) in [5.41, 5.74) is 1.16. The number of rotatable bonds is 7. The zero-order valence-corrected chi connectivity index (χ0v) is 11.5. The normalized spacial score (nSPS) is 12.9. The molecule has 1 atom stereocenters. The highest BCUT2D eigenvalue weighted by molar-refractivity contribution is 7.85. The molecule has 1 aromatic rings. The molecule has 0 spiro atoms. The molecule has 0 fully saturated rings. The molecule has 4 heteroatoms. The van der Waals surface area contributed by atoms with Gasteiger partial charge in [0.1, 0.15) is 0 Å². The lowest BCUT2D eigenvalue weighted by molar-refractivity contribution is -0.120. The monoisotopic (exact) mass is 256 g/mol. The zero-order chi connectivity index (χ0) is 12.7.